The molecule has 5 heteroatoms. The lowest BCUT2D eigenvalue weighted by atomic mass is 10.4. The zero-order valence-corrected chi connectivity index (χ0v) is 10.7. The van der Waals surface area contributed by atoms with Crippen molar-refractivity contribution in [3.8, 4) is 0 Å². The molecule has 0 fully saturated rings. The lowest BCUT2D eigenvalue weighted by Crippen LogP contribution is -2.07. The Morgan fingerprint density at radius 1 is 1.17 bits per heavy atom. The average molecular weight is 246 g/mol. The largest absolute Gasteiger partial charge is 0.467 e. The van der Waals surface area contributed by atoms with E-state index in [2.05, 4.69) is 20.6 Å². The average Bonchev–Trinajstić information content (AvgIpc) is 2.89. The summed E-state index contributed by atoms with van der Waals surface area (Å²) in [7, 11) is 0. The fourth-order valence-electron chi connectivity index (χ4n) is 1.61. The maximum atomic E-state index is 5.27. The van der Waals surface area contributed by atoms with E-state index in [9.17, 15) is 0 Å². The Balaban J connectivity index is 2.08. The SMILES string of the molecule is CCNc1cc(NCc2ccco2)nc(CC)n1. The van der Waals surface area contributed by atoms with Crippen molar-refractivity contribution in [2.45, 2.75) is 26.8 Å². The standard InChI is InChI=1S/C13H18N4O/c1-3-11-16-12(14-4-2)8-13(17-11)15-9-10-6-5-7-18-10/h5-8H,3-4,9H2,1-2H3,(H2,14,15,16,17). The number of furan rings is 1. The second kappa shape index (κ2) is 6.05. The number of hydrogen-bond acceptors (Lipinski definition) is 5. The van der Waals surface area contributed by atoms with Gasteiger partial charge in [0, 0.05) is 19.0 Å². The van der Waals surface area contributed by atoms with Crippen LogP contribution in [0.25, 0.3) is 0 Å². The molecule has 96 valence electrons. The van der Waals surface area contributed by atoms with Gasteiger partial charge in [-0.15, -0.1) is 0 Å². The fourth-order valence-corrected chi connectivity index (χ4v) is 1.61. The number of rotatable bonds is 6. The number of nitrogens with zero attached hydrogens (tertiary/aromatic N) is 2. The van der Waals surface area contributed by atoms with Crippen LogP contribution in [0.4, 0.5) is 11.6 Å². The van der Waals surface area contributed by atoms with Crippen molar-refractivity contribution in [3.63, 3.8) is 0 Å². The van der Waals surface area contributed by atoms with E-state index in [4.69, 9.17) is 4.42 Å². The molecule has 0 unspecified atom stereocenters. The van der Waals surface area contributed by atoms with Gasteiger partial charge in [0.25, 0.3) is 0 Å². The van der Waals surface area contributed by atoms with E-state index in [0.29, 0.717) is 6.54 Å². The zero-order chi connectivity index (χ0) is 12.8. The van der Waals surface area contributed by atoms with Crippen LogP contribution in [0.5, 0.6) is 0 Å². The summed E-state index contributed by atoms with van der Waals surface area (Å²) in [6.07, 6.45) is 2.48. The lowest BCUT2D eigenvalue weighted by molar-refractivity contribution is 0.517. The first-order chi connectivity index (χ1) is 8.81. The molecule has 0 radical (unpaired) electrons. The molecule has 0 aliphatic rings. The lowest BCUT2D eigenvalue weighted by Gasteiger charge is -2.09. The van der Waals surface area contributed by atoms with Gasteiger partial charge in [-0.25, -0.2) is 9.97 Å². The highest BCUT2D eigenvalue weighted by Gasteiger charge is 2.03. The molecule has 0 aliphatic heterocycles. The van der Waals surface area contributed by atoms with Crippen LogP contribution in [-0.2, 0) is 13.0 Å². The molecule has 2 rings (SSSR count). The molecule has 0 saturated carbocycles. The number of aromatic nitrogens is 2. The van der Waals surface area contributed by atoms with Gasteiger partial charge in [0.1, 0.15) is 23.2 Å². The highest BCUT2D eigenvalue weighted by molar-refractivity contribution is 5.47. The van der Waals surface area contributed by atoms with Gasteiger partial charge in [-0.3, -0.25) is 0 Å². The van der Waals surface area contributed by atoms with E-state index in [1.165, 1.54) is 0 Å². The van der Waals surface area contributed by atoms with E-state index < -0.39 is 0 Å². The van der Waals surface area contributed by atoms with Crippen LogP contribution in [-0.4, -0.2) is 16.5 Å². The summed E-state index contributed by atoms with van der Waals surface area (Å²) in [4.78, 5) is 8.83. The van der Waals surface area contributed by atoms with Crippen LogP contribution >= 0.6 is 0 Å². The quantitative estimate of drug-likeness (QED) is 0.820. The van der Waals surface area contributed by atoms with Crippen molar-refractivity contribution in [2.75, 3.05) is 17.2 Å². The molecule has 0 atom stereocenters. The molecule has 0 spiro atoms. The summed E-state index contributed by atoms with van der Waals surface area (Å²) in [6, 6.07) is 5.71. The van der Waals surface area contributed by atoms with Gasteiger partial charge >= 0.3 is 0 Å². The minimum absolute atomic E-state index is 0.624. The normalized spacial score (nSPS) is 10.3. The summed E-state index contributed by atoms with van der Waals surface area (Å²) in [5.41, 5.74) is 0. The molecule has 5 nitrogen and oxygen atoms in total. The van der Waals surface area contributed by atoms with Crippen LogP contribution in [0.3, 0.4) is 0 Å². The second-order valence-corrected chi connectivity index (χ2v) is 3.87. The third-order valence-corrected chi connectivity index (χ3v) is 2.47. The molecule has 18 heavy (non-hydrogen) atoms. The Labute approximate surface area is 107 Å². The van der Waals surface area contributed by atoms with Crippen LogP contribution in [0.15, 0.2) is 28.9 Å². The Hall–Kier alpha value is -2.04. The minimum atomic E-state index is 0.624. The van der Waals surface area contributed by atoms with Gasteiger partial charge in [-0.2, -0.15) is 0 Å². The maximum Gasteiger partial charge on any atom is 0.132 e. The summed E-state index contributed by atoms with van der Waals surface area (Å²) in [6.45, 7) is 5.56. The highest BCUT2D eigenvalue weighted by Crippen LogP contribution is 2.13. The second-order valence-electron chi connectivity index (χ2n) is 3.87. The zero-order valence-electron chi connectivity index (χ0n) is 10.7. The highest BCUT2D eigenvalue weighted by atomic mass is 16.3. The maximum absolute atomic E-state index is 5.27. The third-order valence-electron chi connectivity index (χ3n) is 2.47. The molecule has 0 amide bonds. The molecular formula is C13H18N4O. The Morgan fingerprint density at radius 2 is 1.94 bits per heavy atom. The van der Waals surface area contributed by atoms with Crippen molar-refractivity contribution in [1.29, 1.82) is 0 Å². The van der Waals surface area contributed by atoms with Crippen molar-refractivity contribution in [2.24, 2.45) is 0 Å². The Morgan fingerprint density at radius 3 is 2.56 bits per heavy atom. The van der Waals surface area contributed by atoms with Gasteiger partial charge in [0.2, 0.25) is 0 Å². The molecule has 0 aliphatic carbocycles. The number of anilines is 2. The van der Waals surface area contributed by atoms with Crippen LogP contribution in [0.1, 0.15) is 25.4 Å². The van der Waals surface area contributed by atoms with Crippen LogP contribution in [0.2, 0.25) is 0 Å². The monoisotopic (exact) mass is 246 g/mol. The van der Waals surface area contributed by atoms with Gasteiger partial charge in [0.05, 0.1) is 12.8 Å². The molecule has 2 aromatic heterocycles. The fraction of sp³-hybridized carbons (Fsp3) is 0.385. The Kier molecular flexibility index (Phi) is 4.17. The van der Waals surface area contributed by atoms with Gasteiger partial charge < -0.3 is 15.1 Å². The Bertz CT molecular complexity index is 482. The minimum Gasteiger partial charge on any atom is -0.467 e. The first-order valence-electron chi connectivity index (χ1n) is 6.20. The first-order valence-corrected chi connectivity index (χ1v) is 6.20. The van der Waals surface area contributed by atoms with Crippen molar-refractivity contribution in [1.82, 2.24) is 9.97 Å². The van der Waals surface area contributed by atoms with E-state index >= 15 is 0 Å². The molecule has 0 aromatic carbocycles. The molecule has 0 saturated heterocycles. The van der Waals surface area contributed by atoms with E-state index in [1.807, 2.05) is 32.0 Å². The summed E-state index contributed by atoms with van der Waals surface area (Å²) in [5, 5.41) is 6.44. The number of hydrogen-bond donors (Lipinski definition) is 2. The third kappa shape index (κ3) is 3.23. The predicted octanol–water partition coefficient (Wildman–Crippen LogP) is 2.68. The topological polar surface area (TPSA) is 63.0 Å². The smallest absolute Gasteiger partial charge is 0.132 e. The first kappa shape index (κ1) is 12.4. The molecular weight excluding hydrogens is 228 g/mol. The van der Waals surface area contributed by atoms with Gasteiger partial charge in [-0.05, 0) is 19.1 Å². The van der Waals surface area contributed by atoms with Crippen molar-refractivity contribution < 1.29 is 4.42 Å². The van der Waals surface area contributed by atoms with E-state index in [-0.39, 0.29) is 0 Å². The molecule has 2 aromatic rings. The summed E-state index contributed by atoms with van der Waals surface area (Å²) in [5.74, 6) is 3.38. The van der Waals surface area contributed by atoms with Gasteiger partial charge in [0.15, 0.2) is 0 Å². The van der Waals surface area contributed by atoms with E-state index in [0.717, 1.165) is 36.2 Å². The summed E-state index contributed by atoms with van der Waals surface area (Å²) < 4.78 is 5.27. The predicted molar refractivity (Wildman–Crippen MR) is 71.6 cm³/mol. The van der Waals surface area contributed by atoms with Gasteiger partial charge in [-0.1, -0.05) is 6.92 Å². The number of aryl methyl sites for hydroxylation is 1. The van der Waals surface area contributed by atoms with Crippen molar-refractivity contribution in [3.05, 3.63) is 36.0 Å². The van der Waals surface area contributed by atoms with Crippen molar-refractivity contribution >= 4 is 11.6 Å². The molecule has 2 N–H and O–H groups in total. The molecule has 2 heterocycles. The van der Waals surface area contributed by atoms with Crippen LogP contribution < -0.4 is 10.6 Å². The van der Waals surface area contributed by atoms with E-state index in [1.54, 1.807) is 6.26 Å². The number of nitrogens with one attached hydrogen (secondary N) is 2. The summed E-state index contributed by atoms with van der Waals surface area (Å²) >= 11 is 0. The van der Waals surface area contributed by atoms with Crippen LogP contribution in [0, 0.1) is 0 Å². The molecule has 0 bridgehead atoms.